The maximum Gasteiger partial charge on any atom is 0.472 e. The van der Waals surface area contributed by atoms with Crippen molar-refractivity contribution in [2.75, 3.05) is 39.6 Å². The van der Waals surface area contributed by atoms with Gasteiger partial charge in [-0.15, -0.1) is 0 Å². The Morgan fingerprint density at radius 1 is 0.302 bits per heavy atom. The molecular formula is C77H150O17P2. The first-order valence-corrected chi connectivity index (χ1v) is 43.0. The van der Waals surface area contributed by atoms with E-state index < -0.39 is 97.5 Å². The summed E-state index contributed by atoms with van der Waals surface area (Å²) in [5, 5.41) is 10.6. The molecule has 96 heavy (non-hydrogen) atoms. The molecule has 3 N–H and O–H groups in total. The fourth-order valence-electron chi connectivity index (χ4n) is 11.8. The van der Waals surface area contributed by atoms with Gasteiger partial charge < -0.3 is 33.8 Å². The Labute approximate surface area is 588 Å². The molecule has 0 aromatic rings. The average molecular weight is 1410 g/mol. The van der Waals surface area contributed by atoms with Crippen LogP contribution in [0.15, 0.2) is 0 Å². The maximum absolute atomic E-state index is 13.1. The number of aliphatic hydroxyl groups is 1. The summed E-state index contributed by atoms with van der Waals surface area (Å²) in [6.07, 6.45) is 56.9. The maximum atomic E-state index is 13.1. The highest BCUT2D eigenvalue weighted by atomic mass is 31.2. The van der Waals surface area contributed by atoms with E-state index in [2.05, 4.69) is 41.5 Å². The van der Waals surface area contributed by atoms with Gasteiger partial charge in [-0.1, -0.05) is 350 Å². The largest absolute Gasteiger partial charge is 0.472 e. The molecule has 0 aromatic carbocycles. The zero-order valence-electron chi connectivity index (χ0n) is 62.7. The van der Waals surface area contributed by atoms with Gasteiger partial charge in [-0.3, -0.25) is 37.3 Å². The highest BCUT2D eigenvalue weighted by molar-refractivity contribution is 7.47. The van der Waals surface area contributed by atoms with Crippen molar-refractivity contribution in [3.05, 3.63) is 0 Å². The van der Waals surface area contributed by atoms with Crippen LogP contribution in [0.1, 0.15) is 401 Å². The van der Waals surface area contributed by atoms with Crippen LogP contribution in [-0.4, -0.2) is 96.7 Å². The van der Waals surface area contributed by atoms with Gasteiger partial charge in [0.2, 0.25) is 0 Å². The second-order valence-corrected chi connectivity index (χ2v) is 31.4. The summed E-state index contributed by atoms with van der Waals surface area (Å²) in [4.78, 5) is 72.7. The molecule has 19 heteroatoms. The van der Waals surface area contributed by atoms with Gasteiger partial charge in [-0.05, 0) is 37.5 Å². The third-order valence-corrected chi connectivity index (χ3v) is 20.2. The van der Waals surface area contributed by atoms with Gasteiger partial charge in [-0.25, -0.2) is 9.13 Å². The number of hydrogen-bond acceptors (Lipinski definition) is 15. The lowest BCUT2D eigenvalue weighted by Gasteiger charge is -2.21. The summed E-state index contributed by atoms with van der Waals surface area (Å²) in [5.41, 5.74) is 0. The number of phosphoric ester groups is 2. The molecule has 17 nitrogen and oxygen atoms in total. The van der Waals surface area contributed by atoms with Crippen LogP contribution in [0, 0.1) is 11.8 Å². The van der Waals surface area contributed by atoms with Crippen molar-refractivity contribution in [2.24, 2.45) is 11.8 Å². The molecule has 0 heterocycles. The number of rotatable bonds is 76. The van der Waals surface area contributed by atoms with Crippen molar-refractivity contribution >= 4 is 39.5 Å². The monoisotopic (exact) mass is 1410 g/mol. The van der Waals surface area contributed by atoms with Gasteiger partial charge in [0.25, 0.3) is 0 Å². The minimum atomic E-state index is -4.96. The van der Waals surface area contributed by atoms with Gasteiger partial charge >= 0.3 is 39.5 Å². The molecule has 6 atom stereocenters. The van der Waals surface area contributed by atoms with Crippen LogP contribution in [0.25, 0.3) is 0 Å². The van der Waals surface area contributed by atoms with E-state index in [1.54, 1.807) is 0 Å². The fraction of sp³-hybridized carbons (Fsp3) is 0.948. The highest BCUT2D eigenvalue weighted by Gasteiger charge is 2.30. The molecule has 0 radical (unpaired) electrons. The summed E-state index contributed by atoms with van der Waals surface area (Å²) < 4.78 is 68.5. The lowest BCUT2D eigenvalue weighted by molar-refractivity contribution is -0.161. The quantitative estimate of drug-likeness (QED) is 0.0222. The van der Waals surface area contributed by atoms with Crippen molar-refractivity contribution in [3.8, 4) is 0 Å². The number of esters is 4. The fourth-order valence-corrected chi connectivity index (χ4v) is 13.4. The number of hydrogen-bond donors (Lipinski definition) is 3. The predicted molar refractivity (Wildman–Crippen MR) is 391 cm³/mol. The van der Waals surface area contributed by atoms with E-state index in [-0.39, 0.29) is 25.7 Å². The minimum Gasteiger partial charge on any atom is -0.462 e. The molecule has 0 saturated heterocycles. The molecule has 0 aliphatic rings. The Balaban J connectivity index is 5.20. The Hall–Kier alpha value is -1.94. The van der Waals surface area contributed by atoms with Crippen molar-refractivity contribution in [3.63, 3.8) is 0 Å². The Kier molecular flexibility index (Phi) is 67.4. The lowest BCUT2D eigenvalue weighted by Crippen LogP contribution is -2.30. The van der Waals surface area contributed by atoms with Gasteiger partial charge in [0.1, 0.15) is 19.3 Å². The topological polar surface area (TPSA) is 237 Å². The zero-order valence-corrected chi connectivity index (χ0v) is 64.5. The van der Waals surface area contributed by atoms with E-state index in [0.29, 0.717) is 25.7 Å². The normalized spacial score (nSPS) is 14.3. The van der Waals surface area contributed by atoms with Gasteiger partial charge in [-0.2, -0.15) is 0 Å². The molecular weight excluding hydrogens is 1260 g/mol. The van der Waals surface area contributed by atoms with E-state index in [1.807, 2.05) is 0 Å². The number of carbonyl (C=O) groups excluding carboxylic acids is 4. The highest BCUT2D eigenvalue weighted by Crippen LogP contribution is 2.45. The molecule has 0 aromatic heterocycles. The molecule has 3 unspecified atom stereocenters. The van der Waals surface area contributed by atoms with Crippen molar-refractivity contribution in [2.45, 2.75) is 419 Å². The van der Waals surface area contributed by atoms with Crippen LogP contribution in [0.5, 0.6) is 0 Å². The van der Waals surface area contributed by atoms with Crippen LogP contribution in [0.4, 0.5) is 0 Å². The number of ether oxygens (including phenoxy) is 4. The third-order valence-electron chi connectivity index (χ3n) is 18.3. The molecule has 0 fully saturated rings. The van der Waals surface area contributed by atoms with Crippen LogP contribution >= 0.6 is 15.6 Å². The van der Waals surface area contributed by atoms with Crippen molar-refractivity contribution < 1.29 is 80.2 Å². The second-order valence-electron chi connectivity index (χ2n) is 28.5. The average Bonchev–Trinajstić information content (AvgIpc) is 1.95. The SMILES string of the molecule is CCCCCCCCCCCCCCCCC(=O)O[C@H](COC(=O)CCCCCCCCC)COP(=O)(O)OC[C@H](O)COP(=O)(O)OC[C@@H](COC(=O)CCCCCCCCCCCCCCCCC(C)C)OC(=O)CCCCCCCCCCCCCCCCC(C)CC. The van der Waals surface area contributed by atoms with E-state index >= 15 is 0 Å². The number of carbonyl (C=O) groups is 4. The molecule has 0 spiro atoms. The third kappa shape index (κ3) is 69.2. The van der Waals surface area contributed by atoms with Gasteiger partial charge in [0, 0.05) is 25.7 Å². The summed E-state index contributed by atoms with van der Waals surface area (Å²) in [5.74, 6) is -0.472. The van der Waals surface area contributed by atoms with Crippen LogP contribution < -0.4 is 0 Å². The molecule has 0 aliphatic carbocycles. The summed E-state index contributed by atoms with van der Waals surface area (Å²) in [6.45, 7) is 9.65. The Morgan fingerprint density at radius 3 is 0.792 bits per heavy atom. The standard InChI is InChI=1S/C77H150O17P2/c1-7-10-12-14-16-17-18-19-26-32-37-43-49-55-61-76(81)93-72(65-87-74(79)59-53-47-39-15-13-11-8-2)67-91-95(83,84)89-63-71(78)64-90-96(85,86)92-68-73(66-88-75(80)60-54-48-42-36-31-27-22-20-24-29-34-40-45-51-57-69(4)5)94-77(82)62-56-50-44-38-33-28-23-21-25-30-35-41-46-52-58-70(6)9-3/h69-73,78H,7-68H2,1-6H3,(H,83,84)(H,85,86)/t70?,71-,72+,73+/m0/s1. The summed E-state index contributed by atoms with van der Waals surface area (Å²) in [6, 6.07) is 0. The first kappa shape index (κ1) is 94.1. The van der Waals surface area contributed by atoms with Gasteiger partial charge in [0.05, 0.1) is 26.4 Å². The van der Waals surface area contributed by atoms with E-state index in [4.69, 9.17) is 37.0 Å². The van der Waals surface area contributed by atoms with Crippen LogP contribution in [-0.2, 0) is 65.4 Å². The van der Waals surface area contributed by atoms with Crippen LogP contribution in [0.2, 0.25) is 0 Å². The second kappa shape index (κ2) is 68.8. The molecule has 570 valence electrons. The Morgan fingerprint density at radius 2 is 0.531 bits per heavy atom. The van der Waals surface area contributed by atoms with Gasteiger partial charge in [0.15, 0.2) is 12.2 Å². The molecule has 0 aliphatic heterocycles. The minimum absolute atomic E-state index is 0.108. The van der Waals surface area contributed by atoms with Crippen molar-refractivity contribution in [1.29, 1.82) is 0 Å². The number of unbranched alkanes of at least 4 members (excludes halogenated alkanes) is 45. The molecule has 0 rings (SSSR count). The van der Waals surface area contributed by atoms with E-state index in [9.17, 15) is 43.2 Å². The lowest BCUT2D eigenvalue weighted by atomic mass is 9.99. The predicted octanol–water partition coefficient (Wildman–Crippen LogP) is 22.7. The molecule has 0 amide bonds. The molecule has 0 bridgehead atoms. The number of aliphatic hydroxyl groups excluding tert-OH is 1. The first-order chi connectivity index (χ1) is 46.4. The molecule has 0 saturated carbocycles. The Bertz CT molecular complexity index is 1860. The number of phosphoric acid groups is 2. The zero-order chi connectivity index (χ0) is 70.7. The van der Waals surface area contributed by atoms with E-state index in [1.165, 1.54) is 205 Å². The smallest absolute Gasteiger partial charge is 0.462 e. The first-order valence-electron chi connectivity index (χ1n) is 40.0. The van der Waals surface area contributed by atoms with E-state index in [0.717, 1.165) is 115 Å². The summed E-state index contributed by atoms with van der Waals surface area (Å²) in [7, 11) is -9.91. The summed E-state index contributed by atoms with van der Waals surface area (Å²) >= 11 is 0. The van der Waals surface area contributed by atoms with Crippen molar-refractivity contribution in [1.82, 2.24) is 0 Å². The van der Waals surface area contributed by atoms with Crippen LogP contribution in [0.3, 0.4) is 0 Å².